The van der Waals surface area contributed by atoms with Gasteiger partial charge in [-0.1, -0.05) is 17.7 Å². The van der Waals surface area contributed by atoms with Crippen molar-refractivity contribution in [2.24, 2.45) is 0 Å². The van der Waals surface area contributed by atoms with Crippen LogP contribution < -0.4 is 4.74 Å². The molecule has 1 fully saturated rings. The van der Waals surface area contributed by atoms with Crippen LogP contribution in [-0.4, -0.2) is 73.4 Å². The SMILES string of the molecule is O=C(O)c1ccc2ccn(-c3ccc(O[C@H]4O[C@H](CO)[C@@H](O)[C@H](O)[C@@H]4O)c(Cl)c3)c2c1. The summed E-state index contributed by atoms with van der Waals surface area (Å²) in [4.78, 5) is 11.3. The Morgan fingerprint density at radius 1 is 1.06 bits per heavy atom. The van der Waals surface area contributed by atoms with E-state index in [1.165, 1.54) is 12.1 Å². The maximum atomic E-state index is 11.3. The lowest BCUT2D eigenvalue weighted by atomic mass is 9.99. The Hall–Kier alpha value is -2.66. The van der Waals surface area contributed by atoms with Gasteiger partial charge in [0.05, 0.1) is 22.7 Å². The van der Waals surface area contributed by atoms with Crippen LogP contribution in [0.25, 0.3) is 16.6 Å². The lowest BCUT2D eigenvalue weighted by Gasteiger charge is -2.39. The topological polar surface area (TPSA) is 142 Å². The smallest absolute Gasteiger partial charge is 0.335 e. The monoisotopic (exact) mass is 449 g/mol. The molecule has 0 saturated carbocycles. The molecule has 10 heteroatoms. The van der Waals surface area contributed by atoms with E-state index in [9.17, 15) is 30.3 Å². The van der Waals surface area contributed by atoms with Crippen molar-refractivity contribution in [3.8, 4) is 11.4 Å². The molecule has 0 aliphatic carbocycles. The van der Waals surface area contributed by atoms with Gasteiger partial charge in [0.1, 0.15) is 30.2 Å². The first-order valence-electron chi connectivity index (χ1n) is 9.41. The van der Waals surface area contributed by atoms with Gasteiger partial charge < -0.3 is 39.6 Å². The van der Waals surface area contributed by atoms with E-state index < -0.39 is 43.3 Å². The molecule has 1 aliphatic rings. The number of carboxylic acid groups (broad SMARTS) is 1. The number of rotatable bonds is 5. The van der Waals surface area contributed by atoms with Gasteiger partial charge >= 0.3 is 5.97 Å². The standard InChI is InChI=1S/C21H20ClNO8/c22-13-8-12(23-6-5-10-1-2-11(20(28)29)7-14(10)23)3-4-15(13)30-21-19(27)18(26)17(25)16(9-24)31-21/h1-8,16-19,21,24-27H,9H2,(H,28,29)/t16-,17-,18+,19+,21+/m1/s1. The molecule has 2 heterocycles. The first kappa shape index (κ1) is 21.6. The molecule has 5 N–H and O–H groups in total. The van der Waals surface area contributed by atoms with E-state index in [0.29, 0.717) is 11.2 Å². The van der Waals surface area contributed by atoms with Gasteiger partial charge in [-0.2, -0.15) is 0 Å². The fraction of sp³-hybridized carbons (Fsp3) is 0.286. The van der Waals surface area contributed by atoms with Gasteiger partial charge in [0.15, 0.2) is 0 Å². The van der Waals surface area contributed by atoms with Crippen LogP contribution in [0.4, 0.5) is 0 Å². The Balaban J connectivity index is 1.61. The molecule has 4 rings (SSSR count). The Labute approximate surface area is 181 Å². The summed E-state index contributed by atoms with van der Waals surface area (Å²) >= 11 is 6.35. The highest BCUT2D eigenvalue weighted by Crippen LogP contribution is 2.32. The summed E-state index contributed by atoms with van der Waals surface area (Å²) < 4.78 is 12.7. The third-order valence-electron chi connectivity index (χ3n) is 5.23. The van der Waals surface area contributed by atoms with Crippen molar-refractivity contribution in [1.82, 2.24) is 4.57 Å². The predicted molar refractivity (Wildman–Crippen MR) is 110 cm³/mol. The molecule has 0 bridgehead atoms. The largest absolute Gasteiger partial charge is 0.478 e. The molecular formula is C21H20ClNO8. The highest BCUT2D eigenvalue weighted by Gasteiger charge is 2.44. The van der Waals surface area contributed by atoms with Crippen LogP contribution in [0.15, 0.2) is 48.7 Å². The second-order valence-electron chi connectivity index (χ2n) is 7.19. The highest BCUT2D eigenvalue weighted by atomic mass is 35.5. The molecule has 5 atom stereocenters. The summed E-state index contributed by atoms with van der Waals surface area (Å²) in [6.45, 7) is -0.573. The molecule has 2 aromatic carbocycles. The third-order valence-corrected chi connectivity index (χ3v) is 5.52. The third kappa shape index (κ3) is 3.99. The normalized spacial score (nSPS) is 26.2. The van der Waals surface area contributed by atoms with Crippen molar-refractivity contribution in [2.75, 3.05) is 6.61 Å². The maximum absolute atomic E-state index is 11.3. The number of fused-ring (bicyclic) bond motifs is 1. The van der Waals surface area contributed by atoms with E-state index in [-0.39, 0.29) is 16.3 Å². The number of hydrogen-bond donors (Lipinski definition) is 5. The van der Waals surface area contributed by atoms with Gasteiger partial charge in [-0.05, 0) is 41.8 Å². The van der Waals surface area contributed by atoms with Gasteiger partial charge in [0.25, 0.3) is 0 Å². The van der Waals surface area contributed by atoms with Gasteiger partial charge in [0.2, 0.25) is 6.29 Å². The average Bonchev–Trinajstić information content (AvgIpc) is 3.18. The first-order chi connectivity index (χ1) is 14.8. The van der Waals surface area contributed by atoms with Gasteiger partial charge in [0, 0.05) is 11.9 Å². The van der Waals surface area contributed by atoms with Crippen molar-refractivity contribution in [1.29, 1.82) is 0 Å². The zero-order chi connectivity index (χ0) is 22.3. The van der Waals surface area contributed by atoms with Gasteiger partial charge in [-0.3, -0.25) is 0 Å². The summed E-state index contributed by atoms with van der Waals surface area (Å²) in [6, 6.07) is 11.4. The number of aromatic carboxylic acids is 1. The molecular weight excluding hydrogens is 430 g/mol. The zero-order valence-electron chi connectivity index (χ0n) is 16.0. The van der Waals surface area contributed by atoms with E-state index >= 15 is 0 Å². The van der Waals surface area contributed by atoms with Crippen LogP contribution in [0, 0.1) is 0 Å². The molecule has 3 aromatic rings. The Bertz CT molecular complexity index is 1110. The summed E-state index contributed by atoms with van der Waals surface area (Å²) in [5.41, 5.74) is 1.48. The fourth-order valence-electron chi connectivity index (χ4n) is 3.51. The van der Waals surface area contributed by atoms with Crippen LogP contribution in [-0.2, 0) is 4.74 Å². The molecule has 0 radical (unpaired) electrons. The first-order valence-corrected chi connectivity index (χ1v) is 9.79. The molecule has 1 saturated heterocycles. The number of aromatic nitrogens is 1. The summed E-state index contributed by atoms with van der Waals surface area (Å²) in [5, 5.41) is 49.4. The highest BCUT2D eigenvalue weighted by molar-refractivity contribution is 6.32. The van der Waals surface area contributed by atoms with Crippen molar-refractivity contribution >= 4 is 28.5 Å². The minimum absolute atomic E-state index is 0.150. The lowest BCUT2D eigenvalue weighted by Crippen LogP contribution is -2.60. The van der Waals surface area contributed by atoms with E-state index in [0.717, 1.165) is 5.39 Å². The van der Waals surface area contributed by atoms with Gasteiger partial charge in [-0.25, -0.2) is 4.79 Å². The lowest BCUT2D eigenvalue weighted by molar-refractivity contribution is -0.277. The quantitative estimate of drug-likeness (QED) is 0.390. The van der Waals surface area contributed by atoms with E-state index in [2.05, 4.69) is 0 Å². The number of halogens is 1. The Morgan fingerprint density at radius 3 is 2.52 bits per heavy atom. The second-order valence-corrected chi connectivity index (χ2v) is 7.60. The Morgan fingerprint density at radius 2 is 1.84 bits per heavy atom. The number of carbonyl (C=O) groups is 1. The van der Waals surface area contributed by atoms with Crippen molar-refractivity contribution in [3.05, 3.63) is 59.2 Å². The second kappa shape index (κ2) is 8.46. The number of carboxylic acids is 1. The number of benzene rings is 2. The summed E-state index contributed by atoms with van der Waals surface area (Å²) in [5.74, 6) is -0.881. The molecule has 1 aromatic heterocycles. The molecule has 9 nitrogen and oxygen atoms in total. The number of hydrogen-bond acceptors (Lipinski definition) is 7. The van der Waals surface area contributed by atoms with E-state index in [1.807, 2.05) is 6.07 Å². The minimum Gasteiger partial charge on any atom is -0.478 e. The maximum Gasteiger partial charge on any atom is 0.335 e. The Kier molecular flexibility index (Phi) is 5.89. The number of ether oxygens (including phenoxy) is 2. The molecule has 31 heavy (non-hydrogen) atoms. The average molecular weight is 450 g/mol. The van der Waals surface area contributed by atoms with Crippen molar-refractivity contribution in [2.45, 2.75) is 30.7 Å². The minimum atomic E-state index is -1.57. The molecule has 0 amide bonds. The van der Waals surface area contributed by atoms with Crippen LogP contribution in [0.5, 0.6) is 5.75 Å². The molecule has 164 valence electrons. The van der Waals surface area contributed by atoms with Crippen molar-refractivity contribution < 1.29 is 39.8 Å². The molecule has 0 spiro atoms. The van der Waals surface area contributed by atoms with Gasteiger partial charge in [-0.15, -0.1) is 0 Å². The summed E-state index contributed by atoms with van der Waals surface area (Å²) in [6.07, 6.45) is -5.30. The van der Waals surface area contributed by atoms with Crippen LogP contribution in [0.3, 0.4) is 0 Å². The predicted octanol–water partition coefficient (Wildman–Crippen LogP) is 1.16. The van der Waals surface area contributed by atoms with Crippen molar-refractivity contribution in [3.63, 3.8) is 0 Å². The van der Waals surface area contributed by atoms with Crippen LogP contribution >= 0.6 is 11.6 Å². The number of aliphatic hydroxyl groups excluding tert-OH is 4. The molecule has 0 unspecified atom stereocenters. The molecule has 1 aliphatic heterocycles. The fourth-order valence-corrected chi connectivity index (χ4v) is 3.73. The number of aliphatic hydroxyl groups is 4. The van der Waals surface area contributed by atoms with Crippen LogP contribution in [0.1, 0.15) is 10.4 Å². The van der Waals surface area contributed by atoms with Crippen LogP contribution in [0.2, 0.25) is 5.02 Å². The van der Waals surface area contributed by atoms with E-state index in [4.69, 9.17) is 21.1 Å². The summed E-state index contributed by atoms with van der Waals surface area (Å²) in [7, 11) is 0. The zero-order valence-corrected chi connectivity index (χ0v) is 16.8. The number of nitrogens with zero attached hydrogens (tertiary/aromatic N) is 1. The van der Waals surface area contributed by atoms with E-state index in [1.54, 1.807) is 35.0 Å².